The number of hydrogen-bond donors (Lipinski definition) is 0. The molecule has 1 fully saturated rings. The zero-order valence-corrected chi connectivity index (χ0v) is 15.7. The molecule has 0 bridgehead atoms. The van der Waals surface area contributed by atoms with Crippen LogP contribution in [0.4, 0.5) is 5.69 Å². The summed E-state index contributed by atoms with van der Waals surface area (Å²) in [5.41, 5.74) is 2.65. The maximum atomic E-state index is 12.3. The van der Waals surface area contributed by atoms with Gasteiger partial charge in [-0.25, -0.2) is 8.42 Å². The van der Waals surface area contributed by atoms with Crippen molar-refractivity contribution in [3.8, 4) is 0 Å². The Morgan fingerprint density at radius 3 is 2.22 bits per heavy atom. The van der Waals surface area contributed by atoms with Gasteiger partial charge in [0.25, 0.3) is 0 Å². The molecule has 1 saturated heterocycles. The van der Waals surface area contributed by atoms with E-state index in [-0.39, 0.29) is 11.2 Å². The van der Waals surface area contributed by atoms with Gasteiger partial charge in [-0.15, -0.1) is 0 Å². The van der Waals surface area contributed by atoms with E-state index in [2.05, 4.69) is 49.9 Å². The molecule has 0 unspecified atom stereocenters. The number of anilines is 1. The number of sulfonamides is 1. The van der Waals surface area contributed by atoms with E-state index in [1.54, 1.807) is 4.31 Å². The summed E-state index contributed by atoms with van der Waals surface area (Å²) in [7, 11) is -3.08. The molecular formula is C18H30N2O2S. The number of piperazine rings is 1. The average molecular weight is 339 g/mol. The zero-order valence-electron chi connectivity index (χ0n) is 14.9. The summed E-state index contributed by atoms with van der Waals surface area (Å²) in [4.78, 5) is 2.33. The summed E-state index contributed by atoms with van der Waals surface area (Å²) in [6.45, 7) is 11.4. The molecule has 0 amide bonds. The van der Waals surface area contributed by atoms with Gasteiger partial charge in [-0.2, -0.15) is 4.31 Å². The van der Waals surface area contributed by atoms with Gasteiger partial charge in [0.05, 0.1) is 5.75 Å². The van der Waals surface area contributed by atoms with Gasteiger partial charge in [-0.3, -0.25) is 0 Å². The SMILES string of the molecule is CCCCS(=O)(=O)N1CCN(c2ccccc2C(C)(C)C)CC1. The predicted octanol–water partition coefficient (Wildman–Crippen LogP) is 3.24. The molecule has 1 aliphatic rings. The van der Waals surface area contributed by atoms with E-state index in [0.29, 0.717) is 13.1 Å². The maximum absolute atomic E-state index is 12.3. The number of para-hydroxylation sites is 1. The lowest BCUT2D eigenvalue weighted by Gasteiger charge is -2.38. The lowest BCUT2D eigenvalue weighted by molar-refractivity contribution is 0.383. The molecule has 1 aromatic carbocycles. The van der Waals surface area contributed by atoms with Gasteiger partial charge < -0.3 is 4.90 Å². The van der Waals surface area contributed by atoms with Gasteiger partial charge in [-0.05, 0) is 23.5 Å². The molecule has 0 atom stereocenters. The molecule has 23 heavy (non-hydrogen) atoms. The van der Waals surface area contributed by atoms with Crippen LogP contribution in [0.25, 0.3) is 0 Å². The molecule has 1 heterocycles. The van der Waals surface area contributed by atoms with Crippen LogP contribution in [0.3, 0.4) is 0 Å². The van der Waals surface area contributed by atoms with Crippen molar-refractivity contribution < 1.29 is 8.42 Å². The molecule has 0 spiro atoms. The molecule has 1 aliphatic heterocycles. The molecule has 130 valence electrons. The Morgan fingerprint density at radius 2 is 1.65 bits per heavy atom. The van der Waals surface area contributed by atoms with Crippen LogP contribution >= 0.6 is 0 Å². The van der Waals surface area contributed by atoms with E-state index in [9.17, 15) is 8.42 Å². The van der Waals surface area contributed by atoms with Crippen molar-refractivity contribution in [1.29, 1.82) is 0 Å². The van der Waals surface area contributed by atoms with Crippen LogP contribution in [0, 0.1) is 0 Å². The quantitative estimate of drug-likeness (QED) is 0.827. The van der Waals surface area contributed by atoms with Crippen molar-refractivity contribution in [1.82, 2.24) is 4.31 Å². The zero-order chi connectivity index (χ0) is 17.1. The topological polar surface area (TPSA) is 40.6 Å². The summed E-state index contributed by atoms with van der Waals surface area (Å²) >= 11 is 0. The van der Waals surface area contributed by atoms with Crippen LogP contribution in [0.1, 0.15) is 46.1 Å². The van der Waals surface area contributed by atoms with Gasteiger partial charge in [0.15, 0.2) is 0 Å². The first kappa shape index (κ1) is 18.3. The molecule has 2 rings (SSSR count). The summed E-state index contributed by atoms with van der Waals surface area (Å²) < 4.78 is 26.3. The second kappa shape index (κ2) is 7.22. The Hall–Kier alpha value is -1.07. The van der Waals surface area contributed by atoms with Gasteiger partial charge in [0.2, 0.25) is 10.0 Å². The third-order valence-electron chi connectivity index (χ3n) is 4.44. The molecule has 0 saturated carbocycles. The van der Waals surface area contributed by atoms with Crippen molar-refractivity contribution in [2.75, 3.05) is 36.8 Å². The minimum atomic E-state index is -3.08. The van der Waals surface area contributed by atoms with Crippen LogP contribution in [0.5, 0.6) is 0 Å². The van der Waals surface area contributed by atoms with Crippen molar-refractivity contribution in [2.45, 2.75) is 46.0 Å². The van der Waals surface area contributed by atoms with E-state index >= 15 is 0 Å². The Labute approximate surface area is 141 Å². The monoisotopic (exact) mass is 338 g/mol. The van der Waals surface area contributed by atoms with Crippen LogP contribution in [-0.4, -0.2) is 44.7 Å². The summed E-state index contributed by atoms with van der Waals surface area (Å²) in [6.07, 6.45) is 1.66. The highest BCUT2D eigenvalue weighted by molar-refractivity contribution is 7.89. The molecule has 0 radical (unpaired) electrons. The Morgan fingerprint density at radius 1 is 1.04 bits per heavy atom. The molecule has 0 N–H and O–H groups in total. The maximum Gasteiger partial charge on any atom is 0.214 e. The molecule has 1 aromatic rings. The lowest BCUT2D eigenvalue weighted by Crippen LogP contribution is -2.49. The highest BCUT2D eigenvalue weighted by Crippen LogP contribution is 2.32. The minimum Gasteiger partial charge on any atom is -0.369 e. The molecule has 0 aliphatic carbocycles. The Kier molecular flexibility index (Phi) is 5.74. The summed E-state index contributed by atoms with van der Waals surface area (Å²) in [5, 5.41) is 0. The van der Waals surface area contributed by atoms with Crippen LogP contribution in [0.2, 0.25) is 0 Å². The van der Waals surface area contributed by atoms with Gasteiger partial charge in [-0.1, -0.05) is 52.3 Å². The van der Waals surface area contributed by atoms with Crippen molar-refractivity contribution in [3.05, 3.63) is 29.8 Å². The number of benzene rings is 1. The van der Waals surface area contributed by atoms with Gasteiger partial charge in [0.1, 0.15) is 0 Å². The van der Waals surface area contributed by atoms with Crippen LogP contribution in [-0.2, 0) is 15.4 Å². The fourth-order valence-corrected chi connectivity index (χ4v) is 4.68. The molecule has 5 heteroatoms. The highest BCUT2D eigenvalue weighted by Gasteiger charge is 2.28. The average Bonchev–Trinajstić information content (AvgIpc) is 2.52. The molecule has 0 aromatic heterocycles. The van der Waals surface area contributed by atoms with Gasteiger partial charge in [0, 0.05) is 31.9 Å². The summed E-state index contributed by atoms with van der Waals surface area (Å²) in [5.74, 6) is 0.280. The van der Waals surface area contributed by atoms with Gasteiger partial charge >= 0.3 is 0 Å². The second-order valence-corrected chi connectivity index (χ2v) is 9.41. The molecule has 4 nitrogen and oxygen atoms in total. The van der Waals surface area contributed by atoms with E-state index < -0.39 is 10.0 Å². The Balaban J connectivity index is 2.09. The second-order valence-electron chi connectivity index (χ2n) is 7.32. The predicted molar refractivity (Wildman–Crippen MR) is 97.6 cm³/mol. The number of rotatable bonds is 5. The first-order chi connectivity index (χ1) is 10.8. The van der Waals surface area contributed by atoms with Crippen LogP contribution in [0.15, 0.2) is 24.3 Å². The first-order valence-electron chi connectivity index (χ1n) is 8.58. The standard InChI is InChI=1S/C18H30N2O2S/c1-5-6-15-23(21,22)20-13-11-19(12-14-20)17-10-8-7-9-16(17)18(2,3)4/h7-10H,5-6,11-15H2,1-4H3. The van der Waals surface area contributed by atoms with E-state index in [1.165, 1.54) is 11.3 Å². The first-order valence-corrected chi connectivity index (χ1v) is 10.2. The smallest absolute Gasteiger partial charge is 0.214 e. The van der Waals surface area contributed by atoms with E-state index in [0.717, 1.165) is 25.9 Å². The number of unbranched alkanes of at least 4 members (excludes halogenated alkanes) is 1. The third kappa shape index (κ3) is 4.48. The Bertz CT molecular complexity index is 612. The lowest BCUT2D eigenvalue weighted by atomic mass is 9.85. The number of hydrogen-bond acceptors (Lipinski definition) is 3. The summed E-state index contributed by atoms with van der Waals surface area (Å²) in [6, 6.07) is 8.48. The minimum absolute atomic E-state index is 0.0843. The van der Waals surface area contributed by atoms with E-state index in [4.69, 9.17) is 0 Å². The molecular weight excluding hydrogens is 308 g/mol. The van der Waals surface area contributed by atoms with Crippen molar-refractivity contribution in [3.63, 3.8) is 0 Å². The highest BCUT2D eigenvalue weighted by atomic mass is 32.2. The number of nitrogens with zero attached hydrogens (tertiary/aromatic N) is 2. The van der Waals surface area contributed by atoms with Crippen molar-refractivity contribution >= 4 is 15.7 Å². The van der Waals surface area contributed by atoms with Crippen molar-refractivity contribution in [2.24, 2.45) is 0 Å². The largest absolute Gasteiger partial charge is 0.369 e. The normalized spacial score (nSPS) is 17.5. The fraction of sp³-hybridized carbons (Fsp3) is 0.667. The fourth-order valence-electron chi connectivity index (χ4n) is 3.05. The third-order valence-corrected chi connectivity index (χ3v) is 6.40. The van der Waals surface area contributed by atoms with Crippen LogP contribution < -0.4 is 4.90 Å². The van der Waals surface area contributed by atoms with E-state index in [1.807, 2.05) is 6.92 Å².